The van der Waals surface area contributed by atoms with E-state index in [1.807, 2.05) is 25.1 Å². The van der Waals surface area contributed by atoms with Crippen molar-refractivity contribution < 1.29 is 17.9 Å². The van der Waals surface area contributed by atoms with Gasteiger partial charge in [-0.2, -0.15) is 0 Å². The number of hydrogen-bond acceptors (Lipinski definition) is 5. The molecule has 0 saturated heterocycles. The highest BCUT2D eigenvalue weighted by Gasteiger charge is 2.39. The number of hydrogen-bond donors (Lipinski definition) is 0. The first kappa shape index (κ1) is 21.0. The zero-order valence-electron chi connectivity index (χ0n) is 17.3. The molecular weight excluding hydrogens is 448 g/mol. The van der Waals surface area contributed by atoms with E-state index in [2.05, 4.69) is 4.98 Å². The van der Waals surface area contributed by atoms with Crippen LogP contribution < -0.4 is 4.74 Å². The molecule has 5 rings (SSSR count). The molecular formula is C24H21ClN2O4S. The predicted octanol–water partition coefficient (Wildman–Crippen LogP) is 5.20. The fourth-order valence-corrected chi connectivity index (χ4v) is 5.89. The standard InChI is InChI=1S/C24H21ClN2O4S/c1-2-30-21-15-20(16-10-12-17(25)13-11-16)22-23(31-21)19-9-6-14-26-24(19)27(22)32(28,29)18-7-4-3-5-8-18/h3-14,20-21H,2,15H2,1H3/t20-,21+/m0/s1. The first-order valence-corrected chi connectivity index (χ1v) is 12.2. The maximum Gasteiger partial charge on any atom is 0.269 e. The number of rotatable bonds is 5. The van der Waals surface area contributed by atoms with E-state index in [0.29, 0.717) is 40.5 Å². The Bertz CT molecular complexity index is 1370. The second kappa shape index (κ2) is 8.24. The number of benzene rings is 2. The van der Waals surface area contributed by atoms with Gasteiger partial charge in [0.1, 0.15) is 0 Å². The van der Waals surface area contributed by atoms with Crippen LogP contribution in [0, 0.1) is 0 Å². The van der Waals surface area contributed by atoms with Gasteiger partial charge in [0.05, 0.1) is 16.0 Å². The molecule has 6 nitrogen and oxygen atoms in total. The van der Waals surface area contributed by atoms with E-state index in [1.54, 1.807) is 54.7 Å². The minimum atomic E-state index is -3.94. The maximum absolute atomic E-state index is 13.8. The summed E-state index contributed by atoms with van der Waals surface area (Å²) >= 11 is 6.12. The lowest BCUT2D eigenvalue weighted by molar-refractivity contribution is -0.0889. The minimum absolute atomic E-state index is 0.187. The van der Waals surface area contributed by atoms with Crippen molar-refractivity contribution in [1.29, 1.82) is 0 Å². The number of fused-ring (bicyclic) bond motifs is 3. The molecule has 1 aliphatic rings. The third-order valence-electron chi connectivity index (χ3n) is 5.59. The number of pyridine rings is 1. The van der Waals surface area contributed by atoms with Gasteiger partial charge in [-0.05, 0) is 48.9 Å². The molecule has 3 heterocycles. The van der Waals surface area contributed by atoms with Gasteiger partial charge in [0.15, 0.2) is 11.4 Å². The van der Waals surface area contributed by atoms with Crippen LogP contribution in [-0.2, 0) is 14.8 Å². The van der Waals surface area contributed by atoms with Crippen molar-refractivity contribution in [3.8, 4) is 5.75 Å². The van der Waals surface area contributed by atoms with Crippen LogP contribution in [0.3, 0.4) is 0 Å². The molecule has 0 spiro atoms. The van der Waals surface area contributed by atoms with Gasteiger partial charge in [0.25, 0.3) is 10.0 Å². The normalized spacial score (nSPS) is 18.3. The molecule has 32 heavy (non-hydrogen) atoms. The number of aromatic nitrogens is 2. The van der Waals surface area contributed by atoms with E-state index in [9.17, 15) is 8.42 Å². The van der Waals surface area contributed by atoms with Gasteiger partial charge in [0.2, 0.25) is 6.29 Å². The Morgan fingerprint density at radius 2 is 1.84 bits per heavy atom. The lowest BCUT2D eigenvalue weighted by Gasteiger charge is -2.31. The van der Waals surface area contributed by atoms with E-state index < -0.39 is 16.3 Å². The quantitative estimate of drug-likeness (QED) is 0.402. The summed E-state index contributed by atoms with van der Waals surface area (Å²) in [7, 11) is -3.94. The Labute approximate surface area is 191 Å². The number of nitrogens with zero attached hydrogens (tertiary/aromatic N) is 2. The Morgan fingerprint density at radius 1 is 1.09 bits per heavy atom. The molecule has 0 unspecified atom stereocenters. The summed E-state index contributed by atoms with van der Waals surface area (Å²) in [6, 6.07) is 19.4. The second-order valence-electron chi connectivity index (χ2n) is 7.51. The first-order valence-electron chi connectivity index (χ1n) is 10.3. The van der Waals surface area contributed by atoms with E-state index in [0.717, 1.165) is 5.56 Å². The molecule has 4 aromatic rings. The lowest BCUT2D eigenvalue weighted by Crippen LogP contribution is -2.31. The van der Waals surface area contributed by atoms with Gasteiger partial charge in [0, 0.05) is 30.2 Å². The smallest absolute Gasteiger partial charge is 0.269 e. The van der Waals surface area contributed by atoms with Crippen LogP contribution in [0.5, 0.6) is 5.75 Å². The predicted molar refractivity (Wildman–Crippen MR) is 123 cm³/mol. The lowest BCUT2D eigenvalue weighted by atomic mass is 9.90. The molecule has 1 aliphatic heterocycles. The molecule has 0 bridgehead atoms. The highest BCUT2D eigenvalue weighted by atomic mass is 35.5. The fraction of sp³-hybridized carbons (Fsp3) is 0.208. The minimum Gasteiger partial charge on any atom is -0.462 e. The van der Waals surface area contributed by atoms with Crippen LogP contribution in [0.4, 0.5) is 0 Å². The van der Waals surface area contributed by atoms with Crippen molar-refractivity contribution in [1.82, 2.24) is 8.96 Å². The van der Waals surface area contributed by atoms with Crippen molar-refractivity contribution in [2.24, 2.45) is 0 Å². The summed E-state index contributed by atoms with van der Waals surface area (Å²) in [5.74, 6) is 0.192. The molecule has 8 heteroatoms. The molecule has 0 saturated carbocycles. The van der Waals surface area contributed by atoms with Crippen molar-refractivity contribution in [3.05, 3.63) is 89.2 Å². The molecule has 0 N–H and O–H groups in total. The van der Waals surface area contributed by atoms with E-state index in [4.69, 9.17) is 21.1 Å². The highest BCUT2D eigenvalue weighted by Crippen LogP contribution is 2.47. The van der Waals surface area contributed by atoms with Crippen LogP contribution in [-0.4, -0.2) is 30.3 Å². The Kier molecular flexibility index (Phi) is 5.41. The Balaban J connectivity index is 1.82. The second-order valence-corrected chi connectivity index (χ2v) is 9.74. The molecule has 0 amide bonds. The van der Waals surface area contributed by atoms with Crippen molar-refractivity contribution in [2.45, 2.75) is 30.4 Å². The average molecular weight is 469 g/mol. The Hall–Kier alpha value is -2.87. The van der Waals surface area contributed by atoms with Crippen LogP contribution >= 0.6 is 11.6 Å². The van der Waals surface area contributed by atoms with Crippen LogP contribution in [0.15, 0.2) is 77.8 Å². The molecule has 0 radical (unpaired) electrons. The van der Waals surface area contributed by atoms with Crippen molar-refractivity contribution in [3.63, 3.8) is 0 Å². The summed E-state index contributed by atoms with van der Waals surface area (Å²) in [4.78, 5) is 4.62. The zero-order chi connectivity index (χ0) is 22.3. The summed E-state index contributed by atoms with van der Waals surface area (Å²) in [6.45, 7) is 2.38. The zero-order valence-corrected chi connectivity index (χ0v) is 18.9. The van der Waals surface area contributed by atoms with Gasteiger partial charge in [-0.25, -0.2) is 17.4 Å². The number of ether oxygens (including phenoxy) is 2. The van der Waals surface area contributed by atoms with E-state index in [-0.39, 0.29) is 10.8 Å². The first-order chi connectivity index (χ1) is 15.5. The molecule has 2 atom stereocenters. The SMILES string of the molecule is CCO[C@H]1C[C@@H](c2ccc(Cl)cc2)c2c(c3cccnc3n2S(=O)(=O)c2ccccc2)O1. The molecule has 2 aromatic carbocycles. The fourth-order valence-electron chi connectivity index (χ4n) is 4.21. The third-order valence-corrected chi connectivity index (χ3v) is 7.56. The summed E-state index contributed by atoms with van der Waals surface area (Å²) in [5.41, 5.74) is 1.80. The third kappa shape index (κ3) is 3.46. The molecule has 2 aromatic heterocycles. The highest BCUT2D eigenvalue weighted by molar-refractivity contribution is 7.90. The molecule has 164 valence electrons. The summed E-state index contributed by atoms with van der Waals surface area (Å²) in [6.07, 6.45) is 1.54. The molecule has 0 aliphatic carbocycles. The van der Waals surface area contributed by atoms with Gasteiger partial charge in [-0.1, -0.05) is 41.9 Å². The maximum atomic E-state index is 13.8. The van der Waals surface area contributed by atoms with E-state index >= 15 is 0 Å². The van der Waals surface area contributed by atoms with Crippen molar-refractivity contribution >= 4 is 32.7 Å². The summed E-state index contributed by atoms with van der Waals surface area (Å²) < 4.78 is 41.0. The van der Waals surface area contributed by atoms with Gasteiger partial charge in [-0.15, -0.1) is 0 Å². The molecule has 0 fully saturated rings. The van der Waals surface area contributed by atoms with Gasteiger partial charge < -0.3 is 9.47 Å². The van der Waals surface area contributed by atoms with Gasteiger partial charge >= 0.3 is 0 Å². The van der Waals surface area contributed by atoms with Crippen molar-refractivity contribution in [2.75, 3.05) is 6.61 Å². The van der Waals surface area contributed by atoms with Gasteiger partial charge in [-0.3, -0.25) is 0 Å². The topological polar surface area (TPSA) is 70.4 Å². The van der Waals surface area contributed by atoms with Crippen LogP contribution in [0.25, 0.3) is 11.0 Å². The largest absolute Gasteiger partial charge is 0.462 e. The number of halogens is 1. The Morgan fingerprint density at radius 3 is 2.56 bits per heavy atom. The van der Waals surface area contributed by atoms with E-state index in [1.165, 1.54) is 3.97 Å². The monoisotopic (exact) mass is 468 g/mol. The van der Waals surface area contributed by atoms with Crippen LogP contribution in [0.2, 0.25) is 5.02 Å². The average Bonchev–Trinajstić information content (AvgIpc) is 3.15. The summed E-state index contributed by atoms with van der Waals surface area (Å²) in [5, 5.41) is 1.24. The van der Waals surface area contributed by atoms with Crippen LogP contribution in [0.1, 0.15) is 30.5 Å².